The van der Waals surface area contributed by atoms with Crippen molar-refractivity contribution in [3.05, 3.63) is 12.8 Å². The molecule has 2 heteroatoms. The van der Waals surface area contributed by atoms with Crippen molar-refractivity contribution in [1.29, 1.82) is 0 Å². The number of nitrogens with zero attached hydrogens (tertiary/aromatic N) is 2. The molecule has 0 unspecified atom stereocenters. The van der Waals surface area contributed by atoms with Gasteiger partial charge in [0, 0.05) is 12.4 Å². The van der Waals surface area contributed by atoms with Crippen LogP contribution < -0.4 is 0 Å². The Morgan fingerprint density at radius 3 is 2.57 bits per heavy atom. The zero-order valence-electron chi connectivity index (χ0n) is 4.33. The molecule has 38 valence electrons. The lowest BCUT2D eigenvalue weighted by Crippen LogP contribution is -1.61. The topological polar surface area (TPSA) is 24.7 Å². The molecular weight excluding hydrogens is 88.1 g/mol. The fourth-order valence-electron chi connectivity index (χ4n) is 0.152. The van der Waals surface area contributed by atoms with Gasteiger partial charge in [-0.05, 0) is 6.92 Å². The largest absolute Gasteiger partial charge is 0.250 e. The molecule has 0 aromatic heterocycles. The third-order valence-corrected chi connectivity index (χ3v) is 0.388. The Bertz CT molecular complexity index is 92.3. The van der Waals surface area contributed by atoms with E-state index in [9.17, 15) is 0 Å². The van der Waals surface area contributed by atoms with Crippen LogP contribution in [0.3, 0.4) is 0 Å². The molecule has 0 amide bonds. The van der Waals surface area contributed by atoms with Gasteiger partial charge < -0.3 is 0 Å². The van der Waals surface area contributed by atoms with Crippen molar-refractivity contribution < 1.29 is 0 Å². The molecule has 0 rings (SSSR count). The molecule has 0 aliphatic carbocycles. The highest BCUT2D eigenvalue weighted by atomic mass is 14.8. The fraction of sp³-hybridized carbons (Fsp3) is 0.200. The van der Waals surface area contributed by atoms with Crippen molar-refractivity contribution in [2.24, 2.45) is 9.98 Å². The molecule has 0 aliphatic rings. The molecule has 2 nitrogen and oxygen atoms in total. The summed E-state index contributed by atoms with van der Waals surface area (Å²) < 4.78 is 0. The molecule has 0 aromatic carbocycles. The van der Waals surface area contributed by atoms with E-state index in [1.54, 1.807) is 6.21 Å². The number of hydrogen-bond donors (Lipinski definition) is 0. The minimum atomic E-state index is 1.44. The molecule has 0 fully saturated rings. The van der Waals surface area contributed by atoms with E-state index >= 15 is 0 Å². The van der Waals surface area contributed by atoms with E-state index < -0.39 is 0 Å². The van der Waals surface area contributed by atoms with Gasteiger partial charge in [-0.25, -0.2) is 9.98 Å². The van der Waals surface area contributed by atoms with Gasteiger partial charge in [-0.1, -0.05) is 6.58 Å². The van der Waals surface area contributed by atoms with Crippen molar-refractivity contribution >= 4 is 12.6 Å². The van der Waals surface area contributed by atoms with E-state index in [-0.39, 0.29) is 0 Å². The van der Waals surface area contributed by atoms with Gasteiger partial charge in [0.2, 0.25) is 0 Å². The van der Waals surface area contributed by atoms with E-state index in [4.69, 9.17) is 0 Å². The average Bonchev–Trinajstić information content (AvgIpc) is 1.69. The molecule has 0 heterocycles. The first kappa shape index (κ1) is 6.08. The van der Waals surface area contributed by atoms with Crippen LogP contribution in [0.1, 0.15) is 6.92 Å². The summed E-state index contributed by atoms with van der Waals surface area (Å²) >= 11 is 0. The van der Waals surface area contributed by atoms with Crippen LogP contribution in [-0.2, 0) is 0 Å². The number of hydrogen-bond acceptors (Lipinski definition) is 1. The van der Waals surface area contributed by atoms with Gasteiger partial charge in [-0.3, -0.25) is 0 Å². The van der Waals surface area contributed by atoms with Crippen molar-refractivity contribution in [2.75, 3.05) is 0 Å². The second kappa shape index (κ2) is 5.08. The van der Waals surface area contributed by atoms with E-state index in [1.165, 1.54) is 12.5 Å². The maximum Gasteiger partial charge on any atom is 0.114 e. The van der Waals surface area contributed by atoms with Crippen LogP contribution in [0.2, 0.25) is 0 Å². The Morgan fingerprint density at radius 1 is 1.43 bits per heavy atom. The van der Waals surface area contributed by atoms with Gasteiger partial charge in [0.15, 0.2) is 0 Å². The Kier molecular flexibility index (Phi) is 4.41. The SMILES string of the molecule is C=C/N=C\N=C/C. The summed E-state index contributed by atoms with van der Waals surface area (Å²) in [5.74, 6) is 0. The summed E-state index contributed by atoms with van der Waals surface area (Å²) in [6.07, 6.45) is 4.53. The Hall–Kier alpha value is -0.920. The Balaban J connectivity index is 3.27. The van der Waals surface area contributed by atoms with Crippen LogP contribution in [-0.4, -0.2) is 12.6 Å². The van der Waals surface area contributed by atoms with Crippen LogP contribution in [0.5, 0.6) is 0 Å². The Labute approximate surface area is 43.3 Å². The van der Waals surface area contributed by atoms with Crippen LogP contribution in [0.25, 0.3) is 0 Å². The highest BCUT2D eigenvalue weighted by molar-refractivity contribution is 5.70. The van der Waals surface area contributed by atoms with Crippen LogP contribution in [0, 0.1) is 0 Å². The summed E-state index contributed by atoms with van der Waals surface area (Å²) in [6.45, 7) is 5.19. The van der Waals surface area contributed by atoms with Crippen LogP contribution in [0.4, 0.5) is 0 Å². The van der Waals surface area contributed by atoms with E-state index in [2.05, 4.69) is 16.6 Å². The molecule has 0 saturated heterocycles. The van der Waals surface area contributed by atoms with E-state index in [0.717, 1.165) is 0 Å². The third kappa shape index (κ3) is 5.08. The van der Waals surface area contributed by atoms with E-state index in [1.807, 2.05) is 6.92 Å². The monoisotopic (exact) mass is 96.1 g/mol. The fourth-order valence-corrected chi connectivity index (χ4v) is 0.152. The zero-order valence-corrected chi connectivity index (χ0v) is 4.33. The summed E-state index contributed by atoms with van der Waals surface area (Å²) in [7, 11) is 0. The van der Waals surface area contributed by atoms with Gasteiger partial charge in [-0.15, -0.1) is 0 Å². The quantitative estimate of drug-likeness (QED) is 0.365. The smallest absolute Gasteiger partial charge is 0.114 e. The summed E-state index contributed by atoms with van der Waals surface area (Å²) in [5.41, 5.74) is 0. The van der Waals surface area contributed by atoms with Crippen molar-refractivity contribution in [1.82, 2.24) is 0 Å². The second-order valence-electron chi connectivity index (χ2n) is 0.854. The Morgan fingerprint density at radius 2 is 2.14 bits per heavy atom. The van der Waals surface area contributed by atoms with Gasteiger partial charge >= 0.3 is 0 Å². The molecule has 7 heavy (non-hydrogen) atoms. The molecule has 0 radical (unpaired) electrons. The van der Waals surface area contributed by atoms with Crippen molar-refractivity contribution in [3.8, 4) is 0 Å². The minimum Gasteiger partial charge on any atom is -0.250 e. The van der Waals surface area contributed by atoms with Gasteiger partial charge in [0.05, 0.1) is 0 Å². The van der Waals surface area contributed by atoms with Gasteiger partial charge in [0.1, 0.15) is 6.34 Å². The van der Waals surface area contributed by atoms with E-state index in [0.29, 0.717) is 0 Å². The summed E-state index contributed by atoms with van der Waals surface area (Å²) in [5, 5.41) is 0. The van der Waals surface area contributed by atoms with Crippen LogP contribution in [0.15, 0.2) is 22.8 Å². The number of aliphatic imine (C=N–C) groups is 2. The van der Waals surface area contributed by atoms with Gasteiger partial charge in [-0.2, -0.15) is 0 Å². The molecule has 0 spiro atoms. The van der Waals surface area contributed by atoms with Crippen LogP contribution >= 0.6 is 0 Å². The normalized spacial score (nSPS) is 11.0. The first-order chi connectivity index (χ1) is 3.41. The number of rotatable bonds is 2. The lowest BCUT2D eigenvalue weighted by Gasteiger charge is -1.67. The zero-order chi connectivity index (χ0) is 5.54. The first-order valence-electron chi connectivity index (χ1n) is 2.02. The second-order valence-corrected chi connectivity index (χ2v) is 0.854. The predicted molar refractivity (Wildman–Crippen MR) is 32.9 cm³/mol. The maximum atomic E-state index is 3.67. The summed E-state index contributed by atoms with van der Waals surface area (Å²) in [4.78, 5) is 7.28. The average molecular weight is 96.1 g/mol. The van der Waals surface area contributed by atoms with Crippen molar-refractivity contribution in [3.63, 3.8) is 0 Å². The third-order valence-electron chi connectivity index (χ3n) is 0.388. The highest BCUT2D eigenvalue weighted by Gasteiger charge is 1.52. The maximum absolute atomic E-state index is 3.67. The molecular formula is C5H8N2. The van der Waals surface area contributed by atoms with Gasteiger partial charge in [0.25, 0.3) is 0 Å². The lowest BCUT2D eigenvalue weighted by molar-refractivity contribution is 1.57. The predicted octanol–water partition coefficient (Wildman–Crippen LogP) is 1.25. The summed E-state index contributed by atoms with van der Waals surface area (Å²) in [6, 6.07) is 0. The lowest BCUT2D eigenvalue weighted by atomic mass is 10.9. The molecule has 0 aliphatic heterocycles. The molecule has 0 atom stereocenters. The van der Waals surface area contributed by atoms with Crippen molar-refractivity contribution in [2.45, 2.75) is 6.92 Å². The molecule has 0 aromatic rings. The first-order valence-corrected chi connectivity index (χ1v) is 2.02. The molecule has 0 bridgehead atoms. The standard InChI is InChI=1S/C5H8N2/c1-3-6-5-7-4-2/h3-5H,1H2,2H3/b6-5-,7-4-. The highest BCUT2D eigenvalue weighted by Crippen LogP contribution is 1.62. The minimum absolute atomic E-state index is 1.44. The molecule has 0 N–H and O–H groups in total. The molecule has 0 saturated carbocycles.